The molecule has 0 spiro atoms. The van der Waals surface area contributed by atoms with Gasteiger partial charge in [0, 0.05) is 42.7 Å². The zero-order valence-corrected chi connectivity index (χ0v) is 15.5. The summed E-state index contributed by atoms with van der Waals surface area (Å²) < 4.78 is 1.39. The van der Waals surface area contributed by atoms with E-state index in [1.807, 2.05) is 44.2 Å². The number of aryl methyl sites for hydroxylation is 3. The number of nitrogens with zero attached hydrogens (tertiary/aromatic N) is 3. The molecule has 0 bridgehead atoms. The van der Waals surface area contributed by atoms with E-state index in [4.69, 9.17) is 0 Å². The standard InChI is InChI=1S/C21H22N4O2/c1-15-7-8-18(13-16(15)2)23-20(26)6-4-12-25-21(27)10-9-19(24-25)17-5-3-11-22-14-17/h3,5,7-11,13-14H,4,6,12H2,1-2H3,(H,23,26). The molecule has 0 fully saturated rings. The van der Waals surface area contributed by atoms with Crippen molar-refractivity contribution in [2.24, 2.45) is 0 Å². The molecule has 27 heavy (non-hydrogen) atoms. The summed E-state index contributed by atoms with van der Waals surface area (Å²) in [5.74, 6) is -0.0743. The minimum Gasteiger partial charge on any atom is -0.326 e. The second-order valence-electron chi connectivity index (χ2n) is 6.47. The number of aromatic nitrogens is 3. The maximum Gasteiger partial charge on any atom is 0.266 e. The van der Waals surface area contributed by atoms with Crippen LogP contribution < -0.4 is 10.9 Å². The molecule has 3 rings (SSSR count). The molecule has 0 atom stereocenters. The minimum atomic E-state index is -0.183. The van der Waals surface area contributed by atoms with Crippen LogP contribution in [0.25, 0.3) is 11.3 Å². The maximum atomic E-state index is 12.1. The molecule has 1 aromatic carbocycles. The Bertz CT molecular complexity index is 997. The van der Waals surface area contributed by atoms with E-state index in [0.29, 0.717) is 25.1 Å². The van der Waals surface area contributed by atoms with Crippen LogP contribution in [0.3, 0.4) is 0 Å². The average molecular weight is 362 g/mol. The van der Waals surface area contributed by atoms with Crippen LogP contribution in [0.5, 0.6) is 0 Å². The van der Waals surface area contributed by atoms with E-state index in [0.717, 1.165) is 16.8 Å². The SMILES string of the molecule is Cc1ccc(NC(=O)CCCn2nc(-c3cccnc3)ccc2=O)cc1C. The molecule has 1 amide bonds. The molecule has 1 N–H and O–H groups in total. The second-order valence-corrected chi connectivity index (χ2v) is 6.47. The number of carbonyl (C=O) groups excluding carboxylic acids is 1. The number of amides is 1. The molecule has 3 aromatic rings. The van der Waals surface area contributed by atoms with Crippen molar-refractivity contribution in [3.05, 3.63) is 76.3 Å². The molecule has 0 saturated heterocycles. The van der Waals surface area contributed by atoms with Crippen LogP contribution in [0.15, 0.2) is 59.7 Å². The Hall–Kier alpha value is -3.28. The van der Waals surface area contributed by atoms with Crippen molar-refractivity contribution in [3.8, 4) is 11.3 Å². The molecule has 6 nitrogen and oxygen atoms in total. The van der Waals surface area contributed by atoms with Crippen LogP contribution in [0.1, 0.15) is 24.0 Å². The molecule has 0 aliphatic rings. The molecule has 0 radical (unpaired) electrons. The summed E-state index contributed by atoms with van der Waals surface area (Å²) in [6.07, 6.45) is 4.24. The maximum absolute atomic E-state index is 12.1. The summed E-state index contributed by atoms with van der Waals surface area (Å²) >= 11 is 0. The van der Waals surface area contributed by atoms with Crippen molar-refractivity contribution in [3.63, 3.8) is 0 Å². The summed E-state index contributed by atoms with van der Waals surface area (Å²) in [5, 5.41) is 7.27. The van der Waals surface area contributed by atoms with E-state index in [1.165, 1.54) is 16.3 Å². The quantitative estimate of drug-likeness (QED) is 0.730. The summed E-state index contributed by atoms with van der Waals surface area (Å²) in [7, 11) is 0. The van der Waals surface area contributed by atoms with Crippen molar-refractivity contribution in [1.82, 2.24) is 14.8 Å². The molecule has 0 saturated carbocycles. The monoisotopic (exact) mass is 362 g/mol. The number of pyridine rings is 1. The highest BCUT2D eigenvalue weighted by atomic mass is 16.1. The third-order valence-corrected chi connectivity index (χ3v) is 4.39. The summed E-state index contributed by atoms with van der Waals surface area (Å²) in [6.45, 7) is 4.43. The lowest BCUT2D eigenvalue weighted by Gasteiger charge is -2.09. The first-order valence-electron chi connectivity index (χ1n) is 8.88. The molecule has 0 aliphatic carbocycles. The first-order valence-corrected chi connectivity index (χ1v) is 8.88. The van der Waals surface area contributed by atoms with E-state index in [9.17, 15) is 9.59 Å². The van der Waals surface area contributed by atoms with Crippen molar-refractivity contribution < 1.29 is 4.79 Å². The van der Waals surface area contributed by atoms with Gasteiger partial charge >= 0.3 is 0 Å². The van der Waals surface area contributed by atoms with Gasteiger partial charge in [-0.2, -0.15) is 5.10 Å². The number of hydrogen-bond acceptors (Lipinski definition) is 4. The normalized spacial score (nSPS) is 10.6. The fourth-order valence-electron chi connectivity index (χ4n) is 2.71. The first kappa shape index (κ1) is 18.5. The molecule has 6 heteroatoms. The Kier molecular flexibility index (Phi) is 5.76. The van der Waals surface area contributed by atoms with Gasteiger partial charge in [0.05, 0.1) is 5.69 Å². The number of benzene rings is 1. The van der Waals surface area contributed by atoms with Crippen molar-refractivity contribution in [2.45, 2.75) is 33.2 Å². The fourth-order valence-corrected chi connectivity index (χ4v) is 2.71. The van der Waals surface area contributed by atoms with Gasteiger partial charge in [0.2, 0.25) is 5.91 Å². The van der Waals surface area contributed by atoms with Crippen LogP contribution in [0.2, 0.25) is 0 Å². The van der Waals surface area contributed by atoms with Gasteiger partial charge in [-0.1, -0.05) is 6.07 Å². The topological polar surface area (TPSA) is 76.9 Å². The van der Waals surface area contributed by atoms with Gasteiger partial charge < -0.3 is 5.32 Å². The third kappa shape index (κ3) is 4.88. The van der Waals surface area contributed by atoms with Crippen LogP contribution in [0.4, 0.5) is 5.69 Å². The van der Waals surface area contributed by atoms with E-state index >= 15 is 0 Å². The zero-order chi connectivity index (χ0) is 19.2. The Morgan fingerprint density at radius 2 is 1.96 bits per heavy atom. The van der Waals surface area contributed by atoms with Crippen LogP contribution in [-0.2, 0) is 11.3 Å². The number of carbonyl (C=O) groups is 1. The molecule has 0 aliphatic heterocycles. The van der Waals surface area contributed by atoms with E-state index in [1.54, 1.807) is 18.5 Å². The molecule has 2 heterocycles. The molecular formula is C21H22N4O2. The predicted molar refractivity (Wildman–Crippen MR) is 106 cm³/mol. The number of hydrogen-bond donors (Lipinski definition) is 1. The fraction of sp³-hybridized carbons (Fsp3) is 0.238. The number of nitrogens with one attached hydrogen (secondary N) is 1. The summed E-state index contributed by atoms with van der Waals surface area (Å²) in [5.41, 5.74) is 4.46. The van der Waals surface area contributed by atoms with Crippen molar-refractivity contribution in [1.29, 1.82) is 0 Å². The predicted octanol–water partition coefficient (Wildman–Crippen LogP) is 3.34. The lowest BCUT2D eigenvalue weighted by Crippen LogP contribution is -2.23. The van der Waals surface area contributed by atoms with Crippen molar-refractivity contribution in [2.75, 3.05) is 5.32 Å². The average Bonchev–Trinajstić information content (AvgIpc) is 2.67. The van der Waals surface area contributed by atoms with Crippen LogP contribution in [0, 0.1) is 13.8 Å². The van der Waals surface area contributed by atoms with Crippen LogP contribution >= 0.6 is 0 Å². The van der Waals surface area contributed by atoms with Crippen LogP contribution in [-0.4, -0.2) is 20.7 Å². The smallest absolute Gasteiger partial charge is 0.266 e. The third-order valence-electron chi connectivity index (χ3n) is 4.39. The van der Waals surface area contributed by atoms with Gasteiger partial charge in [0.15, 0.2) is 0 Å². The lowest BCUT2D eigenvalue weighted by atomic mass is 10.1. The summed E-state index contributed by atoms with van der Waals surface area (Å²) in [4.78, 5) is 28.2. The van der Waals surface area contributed by atoms with Gasteiger partial charge in [-0.15, -0.1) is 0 Å². The van der Waals surface area contributed by atoms with E-state index in [-0.39, 0.29) is 11.5 Å². The van der Waals surface area contributed by atoms with Gasteiger partial charge in [0.25, 0.3) is 5.56 Å². The molecule has 138 valence electrons. The van der Waals surface area contributed by atoms with Gasteiger partial charge in [0.1, 0.15) is 0 Å². The molecular weight excluding hydrogens is 340 g/mol. The number of anilines is 1. The Morgan fingerprint density at radius 3 is 2.70 bits per heavy atom. The van der Waals surface area contributed by atoms with Gasteiger partial charge in [-0.25, -0.2) is 4.68 Å². The van der Waals surface area contributed by atoms with Gasteiger partial charge in [-0.3, -0.25) is 14.6 Å². The van der Waals surface area contributed by atoms with Gasteiger partial charge in [-0.05, 0) is 61.7 Å². The zero-order valence-electron chi connectivity index (χ0n) is 15.5. The molecule has 2 aromatic heterocycles. The van der Waals surface area contributed by atoms with E-state index < -0.39 is 0 Å². The lowest BCUT2D eigenvalue weighted by molar-refractivity contribution is -0.116. The van der Waals surface area contributed by atoms with E-state index in [2.05, 4.69) is 15.4 Å². The minimum absolute atomic E-state index is 0.0743. The summed E-state index contributed by atoms with van der Waals surface area (Å²) in [6, 6.07) is 12.7. The highest BCUT2D eigenvalue weighted by Gasteiger charge is 2.06. The Balaban J connectivity index is 1.59. The first-order chi connectivity index (χ1) is 13.0. The Labute approximate surface area is 157 Å². The highest BCUT2D eigenvalue weighted by molar-refractivity contribution is 5.90. The molecule has 0 unspecified atom stereocenters. The number of rotatable bonds is 6. The second kappa shape index (κ2) is 8.40. The largest absolute Gasteiger partial charge is 0.326 e. The highest BCUT2D eigenvalue weighted by Crippen LogP contribution is 2.15. The Morgan fingerprint density at radius 1 is 1.11 bits per heavy atom. The van der Waals surface area contributed by atoms with Crippen molar-refractivity contribution >= 4 is 11.6 Å².